The van der Waals surface area contributed by atoms with Gasteiger partial charge in [0.05, 0.1) is 25.1 Å². The second-order valence-electron chi connectivity index (χ2n) is 5.70. The van der Waals surface area contributed by atoms with Crippen LogP contribution in [0, 0.1) is 11.8 Å². The van der Waals surface area contributed by atoms with Gasteiger partial charge in [0, 0.05) is 19.0 Å². The molecule has 1 amide bonds. The monoisotopic (exact) mass is 290 g/mol. The molecule has 2 saturated heterocycles. The van der Waals surface area contributed by atoms with Gasteiger partial charge in [0.1, 0.15) is 5.82 Å². The maximum atomic E-state index is 12.1. The average molecular weight is 290 g/mol. The van der Waals surface area contributed by atoms with Crippen molar-refractivity contribution >= 4 is 17.4 Å². The maximum Gasteiger partial charge on any atom is 0.227 e. The smallest absolute Gasteiger partial charge is 0.227 e. The molecule has 6 nitrogen and oxygen atoms in total. The van der Waals surface area contributed by atoms with Crippen molar-refractivity contribution in [1.82, 2.24) is 10.3 Å². The van der Waals surface area contributed by atoms with Crippen LogP contribution >= 0.6 is 0 Å². The zero-order valence-corrected chi connectivity index (χ0v) is 12.3. The van der Waals surface area contributed by atoms with Crippen molar-refractivity contribution in [3.8, 4) is 0 Å². The third-order valence-corrected chi connectivity index (χ3v) is 4.28. The van der Waals surface area contributed by atoms with Gasteiger partial charge in [0.2, 0.25) is 5.91 Å². The van der Waals surface area contributed by atoms with Gasteiger partial charge in [-0.25, -0.2) is 4.98 Å². The quantitative estimate of drug-likeness (QED) is 0.855. The van der Waals surface area contributed by atoms with Crippen LogP contribution < -0.4 is 15.5 Å². The number of rotatable bonds is 4. The van der Waals surface area contributed by atoms with Gasteiger partial charge in [0.25, 0.3) is 0 Å². The highest BCUT2D eigenvalue weighted by Gasteiger charge is 2.28. The van der Waals surface area contributed by atoms with Gasteiger partial charge in [0.15, 0.2) is 0 Å². The first-order chi connectivity index (χ1) is 10.2. The van der Waals surface area contributed by atoms with Crippen molar-refractivity contribution in [1.29, 1.82) is 0 Å². The number of nitrogens with one attached hydrogen (secondary N) is 2. The first kappa shape index (κ1) is 14.3. The fraction of sp³-hybridized carbons (Fsp3) is 0.600. The zero-order chi connectivity index (χ0) is 14.7. The number of aromatic nitrogens is 1. The fourth-order valence-corrected chi connectivity index (χ4v) is 2.57. The molecule has 0 saturated carbocycles. The van der Waals surface area contributed by atoms with E-state index in [0.717, 1.165) is 50.9 Å². The first-order valence-electron chi connectivity index (χ1n) is 7.54. The number of amides is 1. The Bertz CT molecular complexity index is 481. The lowest BCUT2D eigenvalue weighted by molar-refractivity contribution is -0.121. The molecule has 6 heteroatoms. The summed E-state index contributed by atoms with van der Waals surface area (Å²) in [4.78, 5) is 18.8. The van der Waals surface area contributed by atoms with Gasteiger partial charge in [-0.15, -0.1) is 0 Å². The number of nitrogens with zero attached hydrogens (tertiary/aromatic N) is 2. The van der Waals surface area contributed by atoms with Crippen molar-refractivity contribution in [3.63, 3.8) is 0 Å². The molecule has 1 unspecified atom stereocenters. The molecule has 0 aromatic carbocycles. The molecule has 1 atom stereocenters. The molecule has 0 bridgehead atoms. The molecule has 0 radical (unpaired) electrons. The van der Waals surface area contributed by atoms with Gasteiger partial charge >= 0.3 is 0 Å². The van der Waals surface area contributed by atoms with E-state index in [9.17, 15) is 4.79 Å². The van der Waals surface area contributed by atoms with E-state index >= 15 is 0 Å². The molecular formula is C15H22N4O2. The van der Waals surface area contributed by atoms with Crippen molar-refractivity contribution in [2.75, 3.05) is 49.6 Å². The SMILES string of the molecule is CC(C(=O)Nc1ccc(N2CCOCC2)nc1)C1CNC1. The van der Waals surface area contributed by atoms with E-state index < -0.39 is 0 Å². The summed E-state index contributed by atoms with van der Waals surface area (Å²) in [6.45, 7) is 7.07. The summed E-state index contributed by atoms with van der Waals surface area (Å²) in [6.07, 6.45) is 1.73. The summed E-state index contributed by atoms with van der Waals surface area (Å²) >= 11 is 0. The summed E-state index contributed by atoms with van der Waals surface area (Å²) in [5.41, 5.74) is 0.760. The largest absolute Gasteiger partial charge is 0.378 e. The van der Waals surface area contributed by atoms with Gasteiger partial charge in [-0.1, -0.05) is 6.92 Å². The molecule has 3 heterocycles. The van der Waals surface area contributed by atoms with Gasteiger partial charge in [-0.05, 0) is 31.1 Å². The Balaban J connectivity index is 1.57. The normalized spacial score (nSPS) is 20.7. The molecule has 114 valence electrons. The summed E-state index contributed by atoms with van der Waals surface area (Å²) in [5, 5.41) is 6.15. The summed E-state index contributed by atoms with van der Waals surface area (Å²) in [6, 6.07) is 3.87. The molecule has 0 spiro atoms. The number of hydrogen-bond acceptors (Lipinski definition) is 5. The molecule has 2 aliphatic rings. The minimum atomic E-state index is 0.0326. The number of pyridine rings is 1. The first-order valence-corrected chi connectivity index (χ1v) is 7.54. The van der Waals surface area contributed by atoms with E-state index in [1.54, 1.807) is 6.20 Å². The predicted octanol–water partition coefficient (Wildman–Crippen LogP) is 0.712. The van der Waals surface area contributed by atoms with Crippen molar-refractivity contribution < 1.29 is 9.53 Å². The second-order valence-corrected chi connectivity index (χ2v) is 5.70. The number of hydrogen-bond donors (Lipinski definition) is 2. The third-order valence-electron chi connectivity index (χ3n) is 4.28. The highest BCUT2D eigenvalue weighted by atomic mass is 16.5. The Morgan fingerprint density at radius 1 is 1.43 bits per heavy atom. The predicted molar refractivity (Wildman–Crippen MR) is 81.4 cm³/mol. The van der Waals surface area contributed by atoms with Crippen LogP contribution in [0.15, 0.2) is 18.3 Å². The molecule has 3 rings (SSSR count). The van der Waals surface area contributed by atoms with Crippen LogP contribution in [-0.4, -0.2) is 50.3 Å². The molecule has 2 fully saturated rings. The molecule has 1 aromatic rings. The lowest BCUT2D eigenvalue weighted by Crippen LogP contribution is -2.48. The van der Waals surface area contributed by atoms with Crippen LogP contribution in [0.25, 0.3) is 0 Å². The van der Waals surface area contributed by atoms with E-state index in [0.29, 0.717) is 5.92 Å². The van der Waals surface area contributed by atoms with Crippen LogP contribution in [0.2, 0.25) is 0 Å². The Labute approximate surface area is 124 Å². The molecule has 0 aliphatic carbocycles. The Kier molecular flexibility index (Phi) is 4.36. The van der Waals surface area contributed by atoms with Gasteiger partial charge in [-0.2, -0.15) is 0 Å². The average Bonchev–Trinajstić information content (AvgIpc) is 2.47. The Hall–Kier alpha value is -1.66. The molecular weight excluding hydrogens is 268 g/mol. The van der Waals surface area contributed by atoms with E-state index in [4.69, 9.17) is 4.74 Å². The molecule has 2 aliphatic heterocycles. The van der Waals surface area contributed by atoms with E-state index in [1.165, 1.54) is 0 Å². The zero-order valence-electron chi connectivity index (χ0n) is 12.3. The van der Waals surface area contributed by atoms with Crippen molar-refractivity contribution in [3.05, 3.63) is 18.3 Å². The summed E-state index contributed by atoms with van der Waals surface area (Å²) in [5.74, 6) is 1.49. The summed E-state index contributed by atoms with van der Waals surface area (Å²) in [7, 11) is 0. The van der Waals surface area contributed by atoms with E-state index in [2.05, 4.69) is 20.5 Å². The van der Waals surface area contributed by atoms with E-state index in [-0.39, 0.29) is 11.8 Å². The van der Waals surface area contributed by atoms with Crippen LogP contribution in [-0.2, 0) is 9.53 Å². The molecule has 2 N–H and O–H groups in total. The Morgan fingerprint density at radius 3 is 2.76 bits per heavy atom. The molecule has 21 heavy (non-hydrogen) atoms. The van der Waals surface area contributed by atoms with Gasteiger partial charge < -0.3 is 20.3 Å². The lowest BCUT2D eigenvalue weighted by atomic mass is 9.88. The number of carbonyl (C=O) groups is 1. The van der Waals surface area contributed by atoms with Crippen molar-refractivity contribution in [2.24, 2.45) is 11.8 Å². The van der Waals surface area contributed by atoms with Crippen molar-refractivity contribution in [2.45, 2.75) is 6.92 Å². The third kappa shape index (κ3) is 3.33. The molecule has 1 aromatic heterocycles. The fourth-order valence-electron chi connectivity index (χ4n) is 2.57. The van der Waals surface area contributed by atoms with E-state index in [1.807, 2.05) is 19.1 Å². The van der Waals surface area contributed by atoms with Crippen LogP contribution in [0.1, 0.15) is 6.92 Å². The Morgan fingerprint density at radius 2 is 2.19 bits per heavy atom. The second kappa shape index (κ2) is 6.41. The maximum absolute atomic E-state index is 12.1. The lowest BCUT2D eigenvalue weighted by Gasteiger charge is -2.31. The van der Waals surface area contributed by atoms with Crippen LogP contribution in [0.4, 0.5) is 11.5 Å². The van der Waals surface area contributed by atoms with Gasteiger partial charge in [-0.3, -0.25) is 4.79 Å². The highest BCUT2D eigenvalue weighted by molar-refractivity contribution is 5.92. The van der Waals surface area contributed by atoms with Crippen LogP contribution in [0.5, 0.6) is 0 Å². The summed E-state index contributed by atoms with van der Waals surface area (Å²) < 4.78 is 5.33. The number of morpholine rings is 1. The number of anilines is 2. The standard InChI is InChI=1S/C15H22N4O2/c1-11(12-8-16-9-12)15(20)18-13-2-3-14(17-10-13)19-4-6-21-7-5-19/h2-3,10-12,16H,4-9H2,1H3,(H,18,20). The number of ether oxygens (including phenoxy) is 1. The van der Waals surface area contributed by atoms with Crippen LogP contribution in [0.3, 0.4) is 0 Å². The highest BCUT2D eigenvalue weighted by Crippen LogP contribution is 2.19. The topological polar surface area (TPSA) is 66.5 Å². The number of carbonyl (C=O) groups excluding carboxylic acids is 1. The minimum absolute atomic E-state index is 0.0326. The minimum Gasteiger partial charge on any atom is -0.378 e.